The Hall–Kier alpha value is -2.27. The molecule has 0 saturated heterocycles. The smallest absolute Gasteiger partial charge is 0.257 e. The number of hydrogen-bond acceptors (Lipinski definition) is 4. The van der Waals surface area contributed by atoms with E-state index in [-0.39, 0.29) is 5.91 Å². The third-order valence-corrected chi connectivity index (χ3v) is 3.32. The van der Waals surface area contributed by atoms with Gasteiger partial charge < -0.3 is 0 Å². The molecule has 0 aliphatic rings. The van der Waals surface area contributed by atoms with Gasteiger partial charge in [0.25, 0.3) is 5.91 Å². The first-order chi connectivity index (χ1) is 8.83. The molecule has 88 valence electrons. The van der Waals surface area contributed by atoms with Gasteiger partial charge in [0.2, 0.25) is 0 Å². The van der Waals surface area contributed by atoms with Crippen molar-refractivity contribution in [1.29, 1.82) is 0 Å². The van der Waals surface area contributed by atoms with Crippen molar-refractivity contribution in [2.75, 3.05) is 5.32 Å². The Balaban J connectivity index is 1.86. The summed E-state index contributed by atoms with van der Waals surface area (Å²) in [5.74, 6) is -0.158. The number of nitrogens with zero attached hydrogens (tertiary/aromatic N) is 2. The van der Waals surface area contributed by atoms with E-state index in [1.54, 1.807) is 18.3 Å². The van der Waals surface area contributed by atoms with Gasteiger partial charge in [-0.3, -0.25) is 10.1 Å². The zero-order valence-corrected chi connectivity index (χ0v) is 10.1. The van der Waals surface area contributed by atoms with Crippen molar-refractivity contribution in [3.05, 3.63) is 54.2 Å². The van der Waals surface area contributed by atoms with Crippen molar-refractivity contribution < 1.29 is 4.79 Å². The Morgan fingerprint density at radius 3 is 2.72 bits per heavy atom. The third kappa shape index (κ3) is 2.08. The van der Waals surface area contributed by atoms with Crippen LogP contribution in [0.15, 0.2) is 48.7 Å². The summed E-state index contributed by atoms with van der Waals surface area (Å²) in [6, 6.07) is 12.8. The van der Waals surface area contributed by atoms with Crippen molar-refractivity contribution in [1.82, 2.24) is 9.97 Å². The molecule has 5 heteroatoms. The minimum Gasteiger partial charge on any atom is -0.298 e. The van der Waals surface area contributed by atoms with E-state index >= 15 is 0 Å². The van der Waals surface area contributed by atoms with Gasteiger partial charge in [-0.2, -0.15) is 0 Å². The summed E-state index contributed by atoms with van der Waals surface area (Å²) in [7, 11) is 0. The molecule has 0 bridgehead atoms. The van der Waals surface area contributed by atoms with E-state index in [1.165, 1.54) is 11.3 Å². The molecule has 0 saturated carbocycles. The van der Waals surface area contributed by atoms with Crippen LogP contribution < -0.4 is 5.32 Å². The normalized spacial score (nSPS) is 10.4. The van der Waals surface area contributed by atoms with Gasteiger partial charge in [-0.1, -0.05) is 29.5 Å². The summed E-state index contributed by atoms with van der Waals surface area (Å²) in [6.45, 7) is 0. The number of pyridine rings is 1. The number of nitrogens with one attached hydrogen (secondary N) is 1. The van der Waals surface area contributed by atoms with Crippen LogP contribution in [0.2, 0.25) is 0 Å². The molecule has 18 heavy (non-hydrogen) atoms. The minimum absolute atomic E-state index is 0.158. The predicted octanol–water partition coefficient (Wildman–Crippen LogP) is 2.94. The molecule has 2 heterocycles. The number of fused-ring (bicyclic) bond motifs is 1. The van der Waals surface area contributed by atoms with E-state index < -0.39 is 0 Å². The van der Waals surface area contributed by atoms with E-state index in [0.717, 1.165) is 10.3 Å². The highest BCUT2D eigenvalue weighted by Crippen LogP contribution is 2.23. The molecular formula is C13H9N3OS. The molecule has 2 aromatic heterocycles. The summed E-state index contributed by atoms with van der Waals surface area (Å²) < 4.78 is 0. The summed E-state index contributed by atoms with van der Waals surface area (Å²) in [5.41, 5.74) is 1.41. The Kier molecular flexibility index (Phi) is 2.74. The van der Waals surface area contributed by atoms with Crippen molar-refractivity contribution in [2.24, 2.45) is 0 Å². The maximum atomic E-state index is 11.9. The van der Waals surface area contributed by atoms with Crippen LogP contribution in [0.25, 0.3) is 10.3 Å². The molecule has 1 amide bonds. The topological polar surface area (TPSA) is 54.9 Å². The van der Waals surface area contributed by atoms with Crippen LogP contribution in [0.1, 0.15) is 10.4 Å². The van der Waals surface area contributed by atoms with Crippen LogP contribution in [0.4, 0.5) is 5.13 Å². The molecule has 3 aromatic rings. The molecule has 0 radical (unpaired) electrons. The van der Waals surface area contributed by atoms with Gasteiger partial charge in [0.15, 0.2) is 5.13 Å². The molecule has 3 rings (SSSR count). The second kappa shape index (κ2) is 4.54. The average Bonchev–Trinajstić information content (AvgIpc) is 2.82. The lowest BCUT2D eigenvalue weighted by Crippen LogP contribution is -2.11. The fourth-order valence-electron chi connectivity index (χ4n) is 1.58. The van der Waals surface area contributed by atoms with Crippen molar-refractivity contribution in [2.45, 2.75) is 0 Å². The van der Waals surface area contributed by atoms with Crippen molar-refractivity contribution in [3.63, 3.8) is 0 Å². The van der Waals surface area contributed by atoms with Crippen molar-refractivity contribution in [3.8, 4) is 0 Å². The van der Waals surface area contributed by atoms with Gasteiger partial charge in [0, 0.05) is 11.8 Å². The van der Waals surface area contributed by atoms with E-state index in [2.05, 4.69) is 15.3 Å². The monoisotopic (exact) mass is 255 g/mol. The van der Waals surface area contributed by atoms with Gasteiger partial charge in [0.1, 0.15) is 10.3 Å². The Morgan fingerprint density at radius 1 is 1.11 bits per heavy atom. The van der Waals surface area contributed by atoms with E-state index in [1.807, 2.05) is 30.3 Å². The number of carbonyl (C=O) groups is 1. The standard InChI is InChI=1S/C13H9N3OS/c17-11(9-5-2-1-3-6-9)16-13-15-10-7-4-8-14-12(10)18-13/h1-8H,(H,15,16,17). The number of amides is 1. The third-order valence-electron chi connectivity index (χ3n) is 2.42. The van der Waals surface area contributed by atoms with E-state index in [4.69, 9.17) is 0 Å². The van der Waals surface area contributed by atoms with Gasteiger partial charge >= 0.3 is 0 Å². The first kappa shape index (κ1) is 10.9. The van der Waals surface area contributed by atoms with Crippen LogP contribution in [-0.4, -0.2) is 15.9 Å². The quantitative estimate of drug-likeness (QED) is 0.766. The highest BCUT2D eigenvalue weighted by molar-refractivity contribution is 7.21. The molecule has 0 unspecified atom stereocenters. The number of hydrogen-bond donors (Lipinski definition) is 1. The minimum atomic E-state index is -0.158. The number of carbonyl (C=O) groups excluding carboxylic acids is 1. The number of thiazole rings is 1. The van der Waals surface area contributed by atoms with Crippen LogP contribution in [0, 0.1) is 0 Å². The number of anilines is 1. The molecule has 0 atom stereocenters. The lowest BCUT2D eigenvalue weighted by Gasteiger charge is -2.00. The van der Waals surface area contributed by atoms with Gasteiger partial charge in [-0.15, -0.1) is 0 Å². The zero-order valence-electron chi connectivity index (χ0n) is 9.33. The maximum Gasteiger partial charge on any atom is 0.257 e. The van der Waals surface area contributed by atoms with Crippen molar-refractivity contribution >= 4 is 32.7 Å². The number of rotatable bonds is 2. The Labute approximate surface area is 107 Å². The predicted molar refractivity (Wildman–Crippen MR) is 71.8 cm³/mol. The van der Waals surface area contributed by atoms with Gasteiger partial charge in [-0.05, 0) is 24.3 Å². The molecule has 0 spiro atoms. The second-order valence-corrected chi connectivity index (χ2v) is 4.64. The first-order valence-corrected chi connectivity index (χ1v) is 6.22. The molecule has 0 aliphatic heterocycles. The van der Waals surface area contributed by atoms with Gasteiger partial charge in [0.05, 0.1) is 0 Å². The Bertz CT molecular complexity index is 661. The van der Waals surface area contributed by atoms with Crippen LogP contribution in [0.3, 0.4) is 0 Å². The fraction of sp³-hybridized carbons (Fsp3) is 0. The molecule has 0 fully saturated rings. The largest absolute Gasteiger partial charge is 0.298 e. The summed E-state index contributed by atoms with van der Waals surface area (Å²) >= 11 is 1.37. The van der Waals surface area contributed by atoms with Gasteiger partial charge in [-0.25, -0.2) is 9.97 Å². The highest BCUT2D eigenvalue weighted by Gasteiger charge is 2.09. The highest BCUT2D eigenvalue weighted by atomic mass is 32.1. The average molecular weight is 255 g/mol. The van der Waals surface area contributed by atoms with Crippen LogP contribution in [0.5, 0.6) is 0 Å². The molecule has 4 nitrogen and oxygen atoms in total. The molecule has 1 N–H and O–H groups in total. The SMILES string of the molecule is O=C(Nc1nc2cccnc2s1)c1ccccc1. The fourth-order valence-corrected chi connectivity index (χ4v) is 2.38. The first-order valence-electron chi connectivity index (χ1n) is 5.41. The molecule has 1 aromatic carbocycles. The number of benzene rings is 1. The summed E-state index contributed by atoms with van der Waals surface area (Å²) in [5, 5.41) is 3.34. The number of aromatic nitrogens is 2. The zero-order chi connectivity index (χ0) is 12.4. The Morgan fingerprint density at radius 2 is 1.94 bits per heavy atom. The van der Waals surface area contributed by atoms with Crippen LogP contribution in [-0.2, 0) is 0 Å². The maximum absolute atomic E-state index is 11.9. The molecule has 0 aliphatic carbocycles. The second-order valence-electron chi connectivity index (χ2n) is 3.67. The van der Waals surface area contributed by atoms with E-state index in [0.29, 0.717) is 10.7 Å². The lowest BCUT2D eigenvalue weighted by molar-refractivity contribution is 0.102. The molecular weight excluding hydrogens is 246 g/mol. The van der Waals surface area contributed by atoms with E-state index in [9.17, 15) is 4.79 Å². The summed E-state index contributed by atoms with van der Waals surface area (Å²) in [4.78, 5) is 21.2. The van der Waals surface area contributed by atoms with Crippen LogP contribution >= 0.6 is 11.3 Å². The lowest BCUT2D eigenvalue weighted by atomic mass is 10.2. The summed E-state index contributed by atoms with van der Waals surface area (Å²) in [6.07, 6.45) is 1.71.